The zero-order valence-electron chi connectivity index (χ0n) is 11.0. The zero-order chi connectivity index (χ0) is 13.1. The Kier molecular flexibility index (Phi) is 3.92. The van der Waals surface area contributed by atoms with E-state index in [-0.39, 0.29) is 11.8 Å². The Balaban J connectivity index is 1.44. The summed E-state index contributed by atoms with van der Waals surface area (Å²) in [6.45, 7) is 1.76. The van der Waals surface area contributed by atoms with Gasteiger partial charge in [0.15, 0.2) is 5.16 Å². The molecule has 102 valence electrons. The van der Waals surface area contributed by atoms with Crippen LogP contribution in [0.2, 0.25) is 0 Å². The van der Waals surface area contributed by atoms with E-state index in [4.69, 9.17) is 0 Å². The van der Waals surface area contributed by atoms with E-state index < -0.39 is 0 Å². The Morgan fingerprint density at radius 1 is 1.53 bits per heavy atom. The molecule has 1 aliphatic heterocycles. The molecule has 0 radical (unpaired) electrons. The van der Waals surface area contributed by atoms with Gasteiger partial charge in [0.2, 0.25) is 5.91 Å². The molecule has 2 aliphatic rings. The highest BCUT2D eigenvalue weighted by Crippen LogP contribution is 2.24. The first-order valence-corrected chi connectivity index (χ1v) is 7.93. The molecule has 2 heterocycles. The number of amides is 1. The van der Waals surface area contributed by atoms with Crippen LogP contribution < -0.4 is 5.32 Å². The zero-order valence-corrected chi connectivity index (χ0v) is 11.8. The quantitative estimate of drug-likeness (QED) is 0.856. The van der Waals surface area contributed by atoms with E-state index in [1.807, 2.05) is 11.8 Å². The lowest BCUT2D eigenvalue weighted by Gasteiger charge is -2.16. The Hall–Kier alpha value is -1.23. The molecule has 0 saturated carbocycles. The van der Waals surface area contributed by atoms with Crippen LogP contribution in [0.15, 0.2) is 23.5 Å². The van der Waals surface area contributed by atoms with Gasteiger partial charge in [0, 0.05) is 37.4 Å². The summed E-state index contributed by atoms with van der Waals surface area (Å²) in [4.78, 5) is 16.5. The molecule has 3 rings (SSSR count). The summed E-state index contributed by atoms with van der Waals surface area (Å²) >= 11 is 1.81. The van der Waals surface area contributed by atoms with Crippen molar-refractivity contribution in [3.63, 3.8) is 0 Å². The van der Waals surface area contributed by atoms with Crippen LogP contribution in [0.25, 0.3) is 0 Å². The second-order valence-corrected chi connectivity index (χ2v) is 6.14. The van der Waals surface area contributed by atoms with Crippen LogP contribution in [-0.2, 0) is 17.8 Å². The molecule has 1 amide bonds. The highest BCUT2D eigenvalue weighted by atomic mass is 32.2. The molecule has 1 atom stereocenters. The molecule has 1 aromatic heterocycles. The van der Waals surface area contributed by atoms with Crippen LogP contribution in [0, 0.1) is 5.92 Å². The van der Waals surface area contributed by atoms with Crippen molar-refractivity contribution in [3.8, 4) is 0 Å². The summed E-state index contributed by atoms with van der Waals surface area (Å²) in [6, 6.07) is 0. The second kappa shape index (κ2) is 5.82. The van der Waals surface area contributed by atoms with Crippen LogP contribution >= 0.6 is 11.8 Å². The van der Waals surface area contributed by atoms with Crippen LogP contribution in [-0.4, -0.2) is 27.8 Å². The summed E-state index contributed by atoms with van der Waals surface area (Å²) in [7, 11) is 0. The fourth-order valence-electron chi connectivity index (χ4n) is 2.57. The Bertz CT molecular complexity index is 473. The highest BCUT2D eigenvalue weighted by Gasteiger charge is 2.18. The SMILES string of the molecule is O=C(NCCc1cn2c(n1)SCC2)[C@@H]1CC=CCC1. The smallest absolute Gasteiger partial charge is 0.223 e. The minimum atomic E-state index is 0.174. The Morgan fingerprint density at radius 3 is 3.26 bits per heavy atom. The van der Waals surface area contributed by atoms with Gasteiger partial charge in [-0.3, -0.25) is 4.79 Å². The molecule has 5 heteroatoms. The van der Waals surface area contributed by atoms with Crippen molar-refractivity contribution in [2.24, 2.45) is 5.92 Å². The fourth-order valence-corrected chi connectivity index (χ4v) is 3.53. The van der Waals surface area contributed by atoms with Crippen LogP contribution in [0.4, 0.5) is 0 Å². The predicted molar refractivity (Wildman–Crippen MR) is 76.1 cm³/mol. The van der Waals surface area contributed by atoms with E-state index in [1.165, 1.54) is 0 Å². The summed E-state index contributed by atoms with van der Waals surface area (Å²) in [5.74, 6) is 1.51. The Labute approximate surface area is 117 Å². The molecule has 0 bridgehead atoms. The molecule has 0 fully saturated rings. The van der Waals surface area contributed by atoms with Crippen LogP contribution in [0.5, 0.6) is 0 Å². The molecule has 1 aliphatic carbocycles. The van der Waals surface area contributed by atoms with Crippen molar-refractivity contribution in [3.05, 3.63) is 24.0 Å². The van der Waals surface area contributed by atoms with E-state index in [0.29, 0.717) is 6.54 Å². The first kappa shape index (κ1) is 12.8. The maximum absolute atomic E-state index is 12.0. The largest absolute Gasteiger partial charge is 0.355 e. The minimum absolute atomic E-state index is 0.174. The standard InChI is InChI=1S/C14H19N3OS/c18-13(11-4-2-1-3-5-11)15-7-6-12-10-17-8-9-19-14(17)16-12/h1-2,10-11H,3-9H2,(H,15,18)/t11-/m1/s1. The lowest BCUT2D eigenvalue weighted by molar-refractivity contribution is -0.125. The van der Waals surface area contributed by atoms with Crippen molar-refractivity contribution in [1.82, 2.24) is 14.9 Å². The number of rotatable bonds is 4. The molecule has 0 unspecified atom stereocenters. The van der Waals surface area contributed by atoms with Gasteiger partial charge in [-0.15, -0.1) is 0 Å². The first-order valence-electron chi connectivity index (χ1n) is 6.94. The van der Waals surface area contributed by atoms with Crippen molar-refractivity contribution >= 4 is 17.7 Å². The number of thioether (sulfide) groups is 1. The number of hydrogen-bond donors (Lipinski definition) is 1. The van der Waals surface area contributed by atoms with Gasteiger partial charge >= 0.3 is 0 Å². The number of aryl methyl sites for hydroxylation is 1. The number of hydrogen-bond acceptors (Lipinski definition) is 3. The van der Waals surface area contributed by atoms with Gasteiger partial charge in [-0.05, 0) is 19.3 Å². The van der Waals surface area contributed by atoms with Crippen LogP contribution in [0.1, 0.15) is 25.0 Å². The lowest BCUT2D eigenvalue weighted by atomic mass is 9.94. The lowest BCUT2D eigenvalue weighted by Crippen LogP contribution is -2.32. The fraction of sp³-hybridized carbons (Fsp3) is 0.571. The van der Waals surface area contributed by atoms with Gasteiger partial charge in [-0.2, -0.15) is 0 Å². The van der Waals surface area contributed by atoms with Crippen molar-refractivity contribution in [2.75, 3.05) is 12.3 Å². The molecule has 19 heavy (non-hydrogen) atoms. The molecule has 0 aromatic carbocycles. The number of aromatic nitrogens is 2. The number of carbonyl (C=O) groups excluding carboxylic acids is 1. The summed E-state index contributed by atoms with van der Waals surface area (Å²) in [5.41, 5.74) is 1.09. The van der Waals surface area contributed by atoms with E-state index in [0.717, 1.165) is 48.8 Å². The van der Waals surface area contributed by atoms with Gasteiger partial charge in [-0.25, -0.2) is 4.98 Å². The minimum Gasteiger partial charge on any atom is -0.355 e. The van der Waals surface area contributed by atoms with E-state index >= 15 is 0 Å². The molecule has 1 N–H and O–H groups in total. The van der Waals surface area contributed by atoms with E-state index in [1.54, 1.807) is 0 Å². The predicted octanol–water partition coefficient (Wildman–Crippen LogP) is 2.00. The number of imidazole rings is 1. The normalized spacial score (nSPS) is 21.4. The Morgan fingerprint density at radius 2 is 2.47 bits per heavy atom. The summed E-state index contributed by atoms with van der Waals surface area (Å²) in [5, 5.41) is 4.16. The maximum atomic E-state index is 12.0. The third-order valence-corrected chi connectivity index (χ3v) is 4.64. The number of allylic oxidation sites excluding steroid dienone is 2. The van der Waals surface area contributed by atoms with Crippen LogP contribution in [0.3, 0.4) is 0 Å². The van der Waals surface area contributed by atoms with Gasteiger partial charge < -0.3 is 9.88 Å². The third-order valence-electron chi connectivity index (χ3n) is 3.67. The average Bonchev–Trinajstić information content (AvgIpc) is 3.00. The van der Waals surface area contributed by atoms with Gasteiger partial charge in [0.1, 0.15) is 0 Å². The first-order chi connectivity index (χ1) is 9.33. The van der Waals surface area contributed by atoms with Gasteiger partial charge in [-0.1, -0.05) is 23.9 Å². The molecule has 1 aromatic rings. The van der Waals surface area contributed by atoms with Gasteiger partial charge in [0.25, 0.3) is 0 Å². The number of nitrogens with one attached hydrogen (secondary N) is 1. The monoisotopic (exact) mass is 277 g/mol. The summed E-state index contributed by atoms with van der Waals surface area (Å²) < 4.78 is 2.20. The van der Waals surface area contributed by atoms with Crippen molar-refractivity contribution in [2.45, 2.75) is 37.4 Å². The molecule has 4 nitrogen and oxygen atoms in total. The third kappa shape index (κ3) is 3.03. The average molecular weight is 277 g/mol. The topological polar surface area (TPSA) is 46.9 Å². The van der Waals surface area contributed by atoms with E-state index in [9.17, 15) is 4.79 Å². The second-order valence-electron chi connectivity index (χ2n) is 5.08. The molecular formula is C14H19N3OS. The van der Waals surface area contributed by atoms with Crippen molar-refractivity contribution in [1.29, 1.82) is 0 Å². The van der Waals surface area contributed by atoms with Gasteiger partial charge in [0.05, 0.1) is 5.69 Å². The van der Waals surface area contributed by atoms with E-state index in [2.05, 4.69) is 33.2 Å². The number of fused-ring (bicyclic) bond motifs is 1. The summed E-state index contributed by atoms with van der Waals surface area (Å²) in [6.07, 6.45) is 10.1. The maximum Gasteiger partial charge on any atom is 0.223 e. The number of nitrogens with zero attached hydrogens (tertiary/aromatic N) is 2. The molecule has 0 spiro atoms. The highest BCUT2D eigenvalue weighted by molar-refractivity contribution is 7.99. The number of carbonyl (C=O) groups is 1. The molecule has 0 saturated heterocycles. The van der Waals surface area contributed by atoms with Crippen molar-refractivity contribution < 1.29 is 4.79 Å². The molecular weight excluding hydrogens is 258 g/mol.